The summed E-state index contributed by atoms with van der Waals surface area (Å²) in [6.07, 6.45) is 0. The Labute approximate surface area is 323 Å². The predicted octanol–water partition coefficient (Wildman–Crippen LogP) is 13.9. The minimum absolute atomic E-state index is 0.699. The third-order valence-electron chi connectivity index (χ3n) is 10.1. The summed E-state index contributed by atoms with van der Waals surface area (Å²) < 4.78 is 1.19. The lowest BCUT2D eigenvalue weighted by Gasteiger charge is -2.12. The van der Waals surface area contributed by atoms with Crippen molar-refractivity contribution in [2.24, 2.45) is 0 Å². The van der Waals surface area contributed by atoms with Crippen LogP contribution >= 0.6 is 11.3 Å². The molecule has 0 aliphatic rings. The van der Waals surface area contributed by atoms with E-state index in [4.69, 9.17) is 15.0 Å². The van der Waals surface area contributed by atoms with Gasteiger partial charge in [-0.1, -0.05) is 182 Å². The summed E-state index contributed by atoms with van der Waals surface area (Å²) in [5.41, 5.74) is 13.8. The van der Waals surface area contributed by atoms with Crippen molar-refractivity contribution in [3.63, 3.8) is 0 Å². The van der Waals surface area contributed by atoms with E-state index in [0.29, 0.717) is 5.82 Å². The van der Waals surface area contributed by atoms with Crippen molar-refractivity contribution in [2.75, 3.05) is 0 Å². The second kappa shape index (κ2) is 14.1. The number of pyridine rings is 1. The number of hydrogen-bond acceptors (Lipinski definition) is 4. The molecule has 0 fully saturated rings. The molecule has 0 saturated heterocycles. The topological polar surface area (TPSA) is 38.7 Å². The molecule has 3 heterocycles. The van der Waals surface area contributed by atoms with Crippen molar-refractivity contribution in [3.05, 3.63) is 200 Å². The molecule has 0 amide bonds. The van der Waals surface area contributed by atoms with Crippen LogP contribution in [-0.4, -0.2) is 15.0 Å². The zero-order chi connectivity index (χ0) is 36.6. The van der Waals surface area contributed by atoms with Crippen LogP contribution in [0.15, 0.2) is 200 Å². The van der Waals surface area contributed by atoms with Gasteiger partial charge in [-0.3, -0.25) is 0 Å². The summed E-state index contributed by atoms with van der Waals surface area (Å²) in [5, 5.41) is 2.38. The lowest BCUT2D eigenvalue weighted by Crippen LogP contribution is -1.96. The Morgan fingerprint density at radius 2 is 0.873 bits per heavy atom. The maximum absolute atomic E-state index is 5.25. The van der Waals surface area contributed by atoms with E-state index < -0.39 is 0 Å². The molecule has 10 aromatic rings. The van der Waals surface area contributed by atoms with E-state index in [0.717, 1.165) is 61.4 Å². The molecule has 258 valence electrons. The van der Waals surface area contributed by atoms with E-state index in [1.54, 1.807) is 0 Å². The maximum atomic E-state index is 5.25. The molecule has 0 aliphatic heterocycles. The van der Waals surface area contributed by atoms with Gasteiger partial charge in [0.05, 0.1) is 27.3 Å². The third kappa shape index (κ3) is 6.19. The van der Waals surface area contributed by atoms with Gasteiger partial charge in [-0.15, -0.1) is 11.3 Å². The predicted molar refractivity (Wildman–Crippen MR) is 231 cm³/mol. The number of aromatic nitrogens is 3. The van der Waals surface area contributed by atoms with E-state index in [1.807, 2.05) is 35.6 Å². The highest BCUT2D eigenvalue weighted by Gasteiger charge is 2.22. The molecule has 0 aliphatic carbocycles. The highest BCUT2D eigenvalue weighted by molar-refractivity contribution is 7.23. The Morgan fingerprint density at radius 1 is 0.345 bits per heavy atom. The number of hydrogen-bond donors (Lipinski definition) is 0. The summed E-state index contributed by atoms with van der Waals surface area (Å²) in [4.78, 5) is 16.8. The highest BCUT2D eigenvalue weighted by Crippen LogP contribution is 2.50. The molecule has 7 aromatic carbocycles. The minimum Gasteiger partial charge on any atom is -0.246 e. The zero-order valence-corrected chi connectivity index (χ0v) is 30.6. The van der Waals surface area contributed by atoms with Gasteiger partial charge in [-0.25, -0.2) is 15.0 Å². The van der Waals surface area contributed by atoms with Gasteiger partial charge in [-0.2, -0.15) is 0 Å². The van der Waals surface area contributed by atoms with Crippen molar-refractivity contribution in [1.82, 2.24) is 15.0 Å². The van der Waals surface area contributed by atoms with Crippen LogP contribution in [0.25, 0.3) is 98.8 Å². The van der Waals surface area contributed by atoms with Gasteiger partial charge >= 0.3 is 0 Å². The van der Waals surface area contributed by atoms with Crippen LogP contribution in [0.2, 0.25) is 0 Å². The number of rotatable bonds is 7. The van der Waals surface area contributed by atoms with Gasteiger partial charge in [0.1, 0.15) is 0 Å². The minimum atomic E-state index is 0.699. The quantitative estimate of drug-likeness (QED) is 0.165. The number of thiophene rings is 1. The zero-order valence-electron chi connectivity index (χ0n) is 29.8. The first-order valence-corrected chi connectivity index (χ1v) is 19.3. The van der Waals surface area contributed by atoms with Crippen LogP contribution in [0.3, 0.4) is 0 Å². The molecule has 0 N–H and O–H groups in total. The smallest absolute Gasteiger partial charge is 0.160 e. The number of fused-ring (bicyclic) bond motifs is 3. The first-order valence-electron chi connectivity index (χ1n) is 18.4. The normalized spacial score (nSPS) is 11.3. The maximum Gasteiger partial charge on any atom is 0.160 e. The van der Waals surface area contributed by atoms with Crippen molar-refractivity contribution >= 4 is 32.3 Å². The van der Waals surface area contributed by atoms with E-state index in [9.17, 15) is 0 Å². The van der Waals surface area contributed by atoms with Gasteiger partial charge in [0.2, 0.25) is 0 Å². The molecule has 55 heavy (non-hydrogen) atoms. The fourth-order valence-corrected chi connectivity index (χ4v) is 8.78. The second-order valence-corrected chi connectivity index (χ2v) is 14.6. The van der Waals surface area contributed by atoms with Gasteiger partial charge in [0.25, 0.3) is 0 Å². The van der Waals surface area contributed by atoms with Crippen molar-refractivity contribution in [2.45, 2.75) is 0 Å². The third-order valence-corrected chi connectivity index (χ3v) is 11.4. The monoisotopic (exact) mass is 719 g/mol. The Morgan fingerprint density at radius 3 is 1.56 bits per heavy atom. The summed E-state index contributed by atoms with van der Waals surface area (Å²) in [6.45, 7) is 0. The first kappa shape index (κ1) is 32.6. The number of para-hydroxylation sites is 1. The molecule has 4 heteroatoms. The van der Waals surface area contributed by atoms with Crippen LogP contribution < -0.4 is 0 Å². The van der Waals surface area contributed by atoms with Gasteiger partial charge < -0.3 is 0 Å². The molecule has 0 radical (unpaired) electrons. The fourth-order valence-electron chi connectivity index (χ4n) is 7.42. The van der Waals surface area contributed by atoms with Crippen molar-refractivity contribution < 1.29 is 0 Å². The Bertz CT molecular complexity index is 2940. The summed E-state index contributed by atoms with van der Waals surface area (Å²) >= 11 is 1.82. The Kier molecular flexibility index (Phi) is 8.36. The van der Waals surface area contributed by atoms with E-state index >= 15 is 0 Å². The molecule has 0 bridgehead atoms. The van der Waals surface area contributed by atoms with Crippen LogP contribution in [0.1, 0.15) is 0 Å². The van der Waals surface area contributed by atoms with Crippen molar-refractivity contribution in [3.8, 4) is 77.9 Å². The molecule has 3 nitrogen and oxygen atoms in total. The lowest BCUT2D eigenvalue weighted by molar-refractivity contribution is 1.18. The number of nitrogens with zero attached hydrogens (tertiary/aromatic N) is 3. The van der Waals surface area contributed by atoms with Crippen LogP contribution in [0.5, 0.6) is 0 Å². The van der Waals surface area contributed by atoms with Crippen LogP contribution in [-0.2, 0) is 0 Å². The molecule has 0 spiro atoms. The molecular formula is C51H33N3S. The molecule has 0 atom stereocenters. The lowest BCUT2D eigenvalue weighted by atomic mass is 9.94. The van der Waals surface area contributed by atoms with E-state index in [1.165, 1.54) is 31.7 Å². The average molecular weight is 720 g/mol. The average Bonchev–Trinajstić information content (AvgIpc) is 3.68. The Balaban J connectivity index is 1.15. The van der Waals surface area contributed by atoms with Crippen LogP contribution in [0.4, 0.5) is 0 Å². The second-order valence-electron chi connectivity index (χ2n) is 13.6. The molecule has 3 aromatic heterocycles. The first-order chi connectivity index (χ1) is 27.3. The molecule has 0 unspecified atom stereocenters. The Hall–Kier alpha value is -7.01. The number of benzene rings is 7. The van der Waals surface area contributed by atoms with Gasteiger partial charge in [0.15, 0.2) is 5.82 Å². The molecular weight excluding hydrogens is 687 g/mol. The largest absolute Gasteiger partial charge is 0.246 e. The van der Waals surface area contributed by atoms with E-state index in [2.05, 4.69) is 176 Å². The van der Waals surface area contributed by atoms with Gasteiger partial charge in [0, 0.05) is 43.5 Å². The summed E-state index contributed by atoms with van der Waals surface area (Å²) in [5.74, 6) is 0.699. The standard InChI is InChI=1S/C51H33N3S/c1-5-16-34(17-6-1)40-24-15-25-41(32-40)45-33-44(53-51(54-45)39-22-11-4-12-23-39)35-28-30-36(31-29-35)46-47-42-26-13-14-27-43(42)52-48(37-18-7-2-8-19-37)50(47)55-49(46)38-20-9-3-10-21-38/h1-33H. The molecule has 10 rings (SSSR count). The fraction of sp³-hybridized carbons (Fsp3) is 0. The van der Waals surface area contributed by atoms with Crippen LogP contribution in [0, 0.1) is 0 Å². The van der Waals surface area contributed by atoms with Gasteiger partial charge in [-0.05, 0) is 40.5 Å². The molecule has 0 saturated carbocycles. The van der Waals surface area contributed by atoms with Crippen molar-refractivity contribution in [1.29, 1.82) is 0 Å². The summed E-state index contributed by atoms with van der Waals surface area (Å²) in [7, 11) is 0. The summed E-state index contributed by atoms with van der Waals surface area (Å²) in [6, 6.07) is 70.2. The SMILES string of the molecule is c1ccc(-c2cccc(-c3cc(-c4ccc(-c5c(-c6ccccc6)sc6c(-c7ccccc7)nc7ccccc7c56)cc4)nc(-c4ccccc4)n3)c2)cc1. The highest BCUT2D eigenvalue weighted by atomic mass is 32.1. The van der Waals surface area contributed by atoms with E-state index in [-0.39, 0.29) is 0 Å².